The van der Waals surface area contributed by atoms with Crippen molar-refractivity contribution < 1.29 is 4.74 Å². The van der Waals surface area contributed by atoms with Crippen LogP contribution in [-0.4, -0.2) is 16.4 Å². The fourth-order valence-corrected chi connectivity index (χ4v) is 3.91. The number of halogens is 1. The van der Waals surface area contributed by atoms with E-state index in [-0.39, 0.29) is 0 Å². The molecule has 5 rings (SSSR count). The van der Waals surface area contributed by atoms with E-state index in [2.05, 4.69) is 43.3 Å². The number of nitrogens with zero attached hydrogens (tertiary/aromatic N) is 2. The summed E-state index contributed by atoms with van der Waals surface area (Å²) in [6.45, 7) is 2.73. The number of fused-ring (bicyclic) bond motifs is 3. The Balaban J connectivity index is 1.82. The summed E-state index contributed by atoms with van der Waals surface area (Å²) in [6.07, 6.45) is 0.799. The molecular weight excluding hydrogens is 368 g/mol. The predicted molar refractivity (Wildman–Crippen MR) is 113 cm³/mol. The molecule has 3 aromatic carbocycles. The lowest BCUT2D eigenvalue weighted by Crippen LogP contribution is -2.03. The number of hydrogen-bond acceptors (Lipinski definition) is 2. The van der Waals surface area contributed by atoms with E-state index in [0.29, 0.717) is 6.61 Å². The zero-order valence-corrected chi connectivity index (χ0v) is 16.3. The van der Waals surface area contributed by atoms with E-state index in [1.165, 1.54) is 11.1 Å². The van der Waals surface area contributed by atoms with Gasteiger partial charge < -0.3 is 4.74 Å². The van der Waals surface area contributed by atoms with Gasteiger partial charge in [0.05, 0.1) is 18.0 Å². The van der Waals surface area contributed by atoms with Gasteiger partial charge in [-0.3, -0.25) is 0 Å². The minimum atomic E-state index is 0.629. The second-order valence-electron chi connectivity index (χ2n) is 7.03. The molecule has 0 saturated heterocycles. The molecule has 28 heavy (non-hydrogen) atoms. The molecule has 1 aliphatic heterocycles. The van der Waals surface area contributed by atoms with Crippen molar-refractivity contribution >= 4 is 11.6 Å². The monoisotopic (exact) mass is 386 g/mol. The fraction of sp³-hybridized carbons (Fsp3) is 0.125. The minimum absolute atomic E-state index is 0.629. The van der Waals surface area contributed by atoms with E-state index in [9.17, 15) is 0 Å². The second-order valence-corrected chi connectivity index (χ2v) is 7.46. The highest BCUT2D eigenvalue weighted by Crippen LogP contribution is 2.40. The first-order chi connectivity index (χ1) is 13.7. The molecule has 0 fully saturated rings. The van der Waals surface area contributed by atoms with Gasteiger partial charge in [0.25, 0.3) is 0 Å². The fourth-order valence-electron chi connectivity index (χ4n) is 3.78. The molecule has 0 saturated carbocycles. The van der Waals surface area contributed by atoms with Crippen molar-refractivity contribution in [3.63, 3.8) is 0 Å². The van der Waals surface area contributed by atoms with Crippen LogP contribution in [0.2, 0.25) is 5.02 Å². The molecule has 3 nitrogen and oxygen atoms in total. The Morgan fingerprint density at radius 3 is 2.54 bits per heavy atom. The van der Waals surface area contributed by atoms with Crippen LogP contribution in [0.25, 0.3) is 28.2 Å². The van der Waals surface area contributed by atoms with Gasteiger partial charge in [-0.15, -0.1) is 0 Å². The van der Waals surface area contributed by atoms with Crippen LogP contribution in [0.4, 0.5) is 0 Å². The summed E-state index contributed by atoms with van der Waals surface area (Å²) >= 11 is 6.14. The molecule has 0 amide bonds. The zero-order valence-electron chi connectivity index (χ0n) is 15.5. The Bertz CT molecular complexity index is 1150. The first-order valence-corrected chi connectivity index (χ1v) is 9.75. The van der Waals surface area contributed by atoms with Crippen LogP contribution in [0, 0.1) is 6.92 Å². The molecule has 0 unspecified atom stereocenters. The molecule has 0 aliphatic carbocycles. The van der Waals surface area contributed by atoms with Crippen molar-refractivity contribution in [1.82, 2.24) is 9.78 Å². The zero-order chi connectivity index (χ0) is 19.1. The average molecular weight is 387 g/mol. The summed E-state index contributed by atoms with van der Waals surface area (Å²) < 4.78 is 8.08. The summed E-state index contributed by atoms with van der Waals surface area (Å²) in [4.78, 5) is 0. The topological polar surface area (TPSA) is 27.1 Å². The number of aryl methyl sites for hydroxylation is 1. The SMILES string of the molecule is Cc1ccc2c(c1)-c1nn(-c3ccccc3)c(-c3ccc(Cl)cc3)c1CCO2. The lowest BCUT2D eigenvalue weighted by Gasteiger charge is -2.11. The van der Waals surface area contributed by atoms with Crippen LogP contribution in [-0.2, 0) is 6.42 Å². The highest BCUT2D eigenvalue weighted by molar-refractivity contribution is 6.30. The average Bonchev–Trinajstić information content (AvgIpc) is 3.00. The highest BCUT2D eigenvalue weighted by Gasteiger charge is 2.25. The Morgan fingerprint density at radius 1 is 0.964 bits per heavy atom. The Labute approximate surface area is 169 Å². The quantitative estimate of drug-likeness (QED) is 0.416. The Morgan fingerprint density at radius 2 is 1.75 bits per heavy atom. The largest absolute Gasteiger partial charge is 0.493 e. The third-order valence-corrected chi connectivity index (χ3v) is 5.35. The molecule has 0 atom stereocenters. The number of benzene rings is 3. The highest BCUT2D eigenvalue weighted by atomic mass is 35.5. The van der Waals surface area contributed by atoms with Crippen LogP contribution >= 0.6 is 11.6 Å². The molecule has 0 bridgehead atoms. The number of rotatable bonds is 2. The van der Waals surface area contributed by atoms with Crippen molar-refractivity contribution in [2.24, 2.45) is 0 Å². The summed E-state index contributed by atoms with van der Waals surface area (Å²) in [5, 5.41) is 5.79. The van der Waals surface area contributed by atoms with Crippen LogP contribution in [0.1, 0.15) is 11.1 Å². The van der Waals surface area contributed by atoms with E-state index < -0.39 is 0 Å². The Hall–Kier alpha value is -3.04. The molecule has 138 valence electrons. The van der Waals surface area contributed by atoms with Gasteiger partial charge in [-0.05, 0) is 43.3 Å². The second kappa shape index (κ2) is 6.84. The van der Waals surface area contributed by atoms with Gasteiger partial charge in [0.15, 0.2) is 0 Å². The predicted octanol–water partition coefficient (Wildman–Crippen LogP) is 6.10. The van der Waals surface area contributed by atoms with Crippen LogP contribution in [0.5, 0.6) is 5.75 Å². The molecule has 4 heteroatoms. The summed E-state index contributed by atoms with van der Waals surface area (Å²) in [7, 11) is 0. The minimum Gasteiger partial charge on any atom is -0.493 e. The summed E-state index contributed by atoms with van der Waals surface area (Å²) in [5.41, 5.74) is 7.67. The number of hydrogen-bond donors (Lipinski definition) is 0. The molecule has 1 aliphatic rings. The standard InChI is InChI=1S/C24H19ClN2O/c1-16-7-12-22-21(15-16)23-20(13-14-28-22)24(17-8-10-18(25)11-9-17)27(26-23)19-5-3-2-4-6-19/h2-12,15H,13-14H2,1H3. The van der Waals surface area contributed by atoms with E-state index in [1.54, 1.807) is 0 Å². The molecule has 0 N–H and O–H groups in total. The maximum atomic E-state index is 6.14. The molecule has 2 heterocycles. The molecule has 0 spiro atoms. The van der Waals surface area contributed by atoms with E-state index in [0.717, 1.165) is 45.4 Å². The summed E-state index contributed by atoms with van der Waals surface area (Å²) in [6, 6.07) is 24.5. The molecule has 4 aromatic rings. The van der Waals surface area contributed by atoms with E-state index in [4.69, 9.17) is 21.4 Å². The van der Waals surface area contributed by atoms with Gasteiger partial charge in [0.2, 0.25) is 0 Å². The maximum absolute atomic E-state index is 6.14. The van der Waals surface area contributed by atoms with Gasteiger partial charge in [0.1, 0.15) is 11.4 Å². The normalized spacial score (nSPS) is 12.6. The first kappa shape index (κ1) is 17.1. The molecule has 0 radical (unpaired) electrons. The molecule has 1 aromatic heterocycles. The van der Waals surface area contributed by atoms with Crippen LogP contribution < -0.4 is 4.74 Å². The third kappa shape index (κ3) is 2.88. The third-order valence-electron chi connectivity index (χ3n) is 5.10. The number of ether oxygens (including phenoxy) is 1. The van der Waals surface area contributed by atoms with Gasteiger partial charge in [-0.25, -0.2) is 4.68 Å². The summed E-state index contributed by atoms with van der Waals surface area (Å²) in [5.74, 6) is 0.893. The number of aromatic nitrogens is 2. The van der Waals surface area contributed by atoms with E-state index in [1.807, 2.05) is 41.1 Å². The van der Waals surface area contributed by atoms with Crippen molar-refractivity contribution in [3.8, 4) is 34.0 Å². The lowest BCUT2D eigenvalue weighted by atomic mass is 9.99. The Kier molecular flexibility index (Phi) is 4.18. The van der Waals surface area contributed by atoms with Crippen molar-refractivity contribution in [3.05, 3.63) is 88.9 Å². The van der Waals surface area contributed by atoms with Crippen molar-refractivity contribution in [1.29, 1.82) is 0 Å². The smallest absolute Gasteiger partial charge is 0.128 e. The number of para-hydroxylation sites is 1. The van der Waals surface area contributed by atoms with Gasteiger partial charge in [0, 0.05) is 28.1 Å². The van der Waals surface area contributed by atoms with Crippen molar-refractivity contribution in [2.45, 2.75) is 13.3 Å². The first-order valence-electron chi connectivity index (χ1n) is 9.38. The van der Waals surface area contributed by atoms with Gasteiger partial charge in [-0.2, -0.15) is 5.10 Å². The van der Waals surface area contributed by atoms with Gasteiger partial charge in [-0.1, -0.05) is 53.6 Å². The van der Waals surface area contributed by atoms with Crippen LogP contribution in [0.15, 0.2) is 72.8 Å². The lowest BCUT2D eigenvalue weighted by molar-refractivity contribution is 0.326. The van der Waals surface area contributed by atoms with Gasteiger partial charge >= 0.3 is 0 Å². The van der Waals surface area contributed by atoms with E-state index >= 15 is 0 Å². The van der Waals surface area contributed by atoms with Crippen molar-refractivity contribution in [2.75, 3.05) is 6.61 Å². The van der Waals surface area contributed by atoms with Crippen LogP contribution in [0.3, 0.4) is 0 Å². The maximum Gasteiger partial charge on any atom is 0.128 e. The molecular formula is C24H19ClN2O.